The Kier molecular flexibility index (Phi) is 1.67. The molecule has 2 fully saturated rings. The van der Waals surface area contributed by atoms with Crippen molar-refractivity contribution in [3.05, 3.63) is 0 Å². The fraction of sp³-hybridized carbons (Fsp3) is 0.778. The summed E-state index contributed by atoms with van der Waals surface area (Å²) < 4.78 is 0. The zero-order valence-electron chi connectivity index (χ0n) is 7.69. The fourth-order valence-corrected chi connectivity index (χ4v) is 2.71. The Balaban J connectivity index is 2.09. The van der Waals surface area contributed by atoms with Crippen molar-refractivity contribution < 1.29 is 19.8 Å². The molecule has 2 aliphatic rings. The van der Waals surface area contributed by atoms with Crippen LogP contribution >= 0.6 is 0 Å². The Morgan fingerprint density at radius 3 is 2.07 bits per heavy atom. The number of hydrogen-bond acceptors (Lipinski definition) is 3. The fourth-order valence-electron chi connectivity index (χ4n) is 2.71. The molecule has 14 heavy (non-hydrogen) atoms. The van der Waals surface area contributed by atoms with Crippen molar-refractivity contribution in [1.29, 1.82) is 0 Å². The molecule has 0 aromatic rings. The molecule has 0 heterocycles. The molecular weight excluding hydrogens is 186 g/mol. The predicted molar refractivity (Wildman–Crippen MR) is 46.6 cm³/mol. The number of hydrogen-bond donors (Lipinski definition) is 3. The van der Waals surface area contributed by atoms with Gasteiger partial charge in [0.1, 0.15) is 5.54 Å². The lowest BCUT2D eigenvalue weighted by Gasteiger charge is -2.62. The molecule has 2 rings (SSSR count). The summed E-state index contributed by atoms with van der Waals surface area (Å²) in [6.07, 6.45) is 2.06. The second-order valence-corrected chi connectivity index (χ2v) is 4.50. The number of rotatable bonds is 2. The van der Waals surface area contributed by atoms with Gasteiger partial charge in [-0.2, -0.15) is 0 Å². The van der Waals surface area contributed by atoms with E-state index in [1.165, 1.54) is 0 Å². The van der Waals surface area contributed by atoms with Crippen molar-refractivity contribution in [1.82, 2.24) is 0 Å². The maximum Gasteiger partial charge on any atom is 0.324 e. The van der Waals surface area contributed by atoms with Crippen molar-refractivity contribution in [2.45, 2.75) is 31.2 Å². The van der Waals surface area contributed by atoms with E-state index < -0.39 is 28.8 Å². The van der Waals surface area contributed by atoms with E-state index in [0.29, 0.717) is 19.3 Å². The third-order valence-electron chi connectivity index (χ3n) is 3.95. The quantitative estimate of drug-likeness (QED) is 0.583. The van der Waals surface area contributed by atoms with Gasteiger partial charge in [0.15, 0.2) is 0 Å². The van der Waals surface area contributed by atoms with Crippen LogP contribution in [0.25, 0.3) is 0 Å². The smallest absolute Gasteiger partial charge is 0.324 e. The van der Waals surface area contributed by atoms with Gasteiger partial charge in [-0.05, 0) is 25.7 Å². The lowest BCUT2D eigenvalue weighted by atomic mass is 9.43. The topological polar surface area (TPSA) is 101 Å². The second-order valence-electron chi connectivity index (χ2n) is 4.50. The predicted octanol–water partition coefficient (Wildman–Crippen LogP) is 0.0433. The number of carbonyl (C=O) groups is 2. The molecule has 0 amide bonds. The van der Waals surface area contributed by atoms with Gasteiger partial charge in [-0.25, -0.2) is 0 Å². The Labute approximate surface area is 80.9 Å². The van der Waals surface area contributed by atoms with Gasteiger partial charge in [-0.15, -0.1) is 0 Å². The van der Waals surface area contributed by atoms with Crippen molar-refractivity contribution in [3.8, 4) is 0 Å². The van der Waals surface area contributed by atoms with Crippen molar-refractivity contribution >= 4 is 11.9 Å². The molecule has 2 aliphatic carbocycles. The first-order valence-corrected chi connectivity index (χ1v) is 4.66. The molecule has 1 spiro atoms. The highest BCUT2D eigenvalue weighted by atomic mass is 16.4. The summed E-state index contributed by atoms with van der Waals surface area (Å²) in [5.74, 6) is -2.22. The van der Waals surface area contributed by atoms with E-state index in [0.717, 1.165) is 6.42 Å². The van der Waals surface area contributed by atoms with Gasteiger partial charge in [-0.1, -0.05) is 0 Å². The normalized spacial score (nSPS) is 45.4. The maximum absolute atomic E-state index is 10.9. The molecule has 0 radical (unpaired) electrons. The van der Waals surface area contributed by atoms with Gasteiger partial charge in [-0.3, -0.25) is 9.59 Å². The molecule has 5 heteroatoms. The van der Waals surface area contributed by atoms with Gasteiger partial charge in [0.2, 0.25) is 0 Å². The molecule has 5 nitrogen and oxygen atoms in total. The minimum Gasteiger partial charge on any atom is -0.481 e. The highest BCUT2D eigenvalue weighted by Gasteiger charge is 2.67. The summed E-state index contributed by atoms with van der Waals surface area (Å²) in [5.41, 5.74) is 4.16. The Morgan fingerprint density at radius 1 is 1.21 bits per heavy atom. The van der Waals surface area contributed by atoms with E-state index >= 15 is 0 Å². The van der Waals surface area contributed by atoms with Crippen LogP contribution in [0.5, 0.6) is 0 Å². The molecule has 0 aromatic heterocycles. The second kappa shape index (κ2) is 2.48. The zero-order valence-corrected chi connectivity index (χ0v) is 7.69. The van der Waals surface area contributed by atoms with Crippen LogP contribution in [0.2, 0.25) is 0 Å². The van der Waals surface area contributed by atoms with Crippen LogP contribution in [-0.4, -0.2) is 27.7 Å². The minimum atomic E-state index is -1.17. The van der Waals surface area contributed by atoms with E-state index in [2.05, 4.69) is 0 Å². The maximum atomic E-state index is 10.9. The molecule has 2 saturated carbocycles. The Bertz CT molecular complexity index is 308. The highest BCUT2D eigenvalue weighted by Crippen LogP contribution is 2.63. The largest absolute Gasteiger partial charge is 0.481 e. The number of aliphatic carboxylic acids is 2. The third-order valence-corrected chi connectivity index (χ3v) is 3.95. The van der Waals surface area contributed by atoms with E-state index in [1.54, 1.807) is 0 Å². The monoisotopic (exact) mass is 199 g/mol. The van der Waals surface area contributed by atoms with Crippen LogP contribution in [-0.2, 0) is 9.59 Å². The summed E-state index contributed by atoms with van der Waals surface area (Å²) >= 11 is 0. The average Bonchev–Trinajstić information content (AvgIpc) is 1.97. The van der Waals surface area contributed by atoms with Crippen LogP contribution in [0, 0.1) is 11.3 Å². The van der Waals surface area contributed by atoms with Gasteiger partial charge >= 0.3 is 11.9 Å². The third kappa shape index (κ3) is 0.877. The molecule has 0 saturated heterocycles. The first-order chi connectivity index (χ1) is 6.41. The minimum absolute atomic E-state index is 0.391. The first-order valence-electron chi connectivity index (χ1n) is 4.66. The number of carboxylic acid groups (broad SMARTS) is 2. The molecule has 1 atom stereocenters. The number of carboxylic acids is 2. The van der Waals surface area contributed by atoms with E-state index in [1.807, 2.05) is 0 Å². The molecular formula is C9H13NO4. The van der Waals surface area contributed by atoms with Crippen LogP contribution in [0.3, 0.4) is 0 Å². The standard InChI is InChI=1S/C9H13NO4/c10-9(7(13)14)2-1-8(9)3-5(4-8)6(11)12/h5H,1-4,10H2,(H,11,12)(H,13,14)/t5?,8?,9-/m0/s1. The van der Waals surface area contributed by atoms with Crippen LogP contribution < -0.4 is 5.73 Å². The van der Waals surface area contributed by atoms with Crippen LogP contribution in [0.15, 0.2) is 0 Å². The van der Waals surface area contributed by atoms with E-state index in [-0.39, 0.29) is 0 Å². The molecule has 78 valence electrons. The summed E-state index contributed by atoms with van der Waals surface area (Å²) in [6, 6.07) is 0. The van der Waals surface area contributed by atoms with Crippen molar-refractivity contribution in [2.24, 2.45) is 17.1 Å². The summed E-state index contributed by atoms with van der Waals surface area (Å²) in [6.45, 7) is 0. The Hall–Kier alpha value is -1.10. The van der Waals surface area contributed by atoms with Gasteiger partial charge in [0.05, 0.1) is 5.92 Å². The van der Waals surface area contributed by atoms with Gasteiger partial charge in [0, 0.05) is 5.41 Å². The molecule has 0 bridgehead atoms. The Morgan fingerprint density at radius 2 is 1.79 bits per heavy atom. The lowest BCUT2D eigenvalue weighted by molar-refractivity contribution is -0.182. The van der Waals surface area contributed by atoms with Gasteiger partial charge in [0.25, 0.3) is 0 Å². The summed E-state index contributed by atoms with van der Waals surface area (Å²) in [4.78, 5) is 21.5. The SMILES string of the molecule is N[C@]1(C(=O)O)CCC12CC(C(=O)O)C2. The highest BCUT2D eigenvalue weighted by molar-refractivity contribution is 5.83. The summed E-state index contributed by atoms with van der Waals surface area (Å²) in [7, 11) is 0. The van der Waals surface area contributed by atoms with Crippen molar-refractivity contribution in [2.75, 3.05) is 0 Å². The molecule has 4 N–H and O–H groups in total. The summed E-state index contributed by atoms with van der Waals surface area (Å²) in [5, 5.41) is 17.7. The molecule has 0 unspecified atom stereocenters. The van der Waals surface area contributed by atoms with Crippen LogP contribution in [0.4, 0.5) is 0 Å². The van der Waals surface area contributed by atoms with Crippen LogP contribution in [0.1, 0.15) is 25.7 Å². The first kappa shape index (κ1) is 9.45. The molecule has 0 aliphatic heterocycles. The van der Waals surface area contributed by atoms with E-state index in [4.69, 9.17) is 15.9 Å². The average molecular weight is 199 g/mol. The molecule has 0 aromatic carbocycles. The van der Waals surface area contributed by atoms with E-state index in [9.17, 15) is 9.59 Å². The van der Waals surface area contributed by atoms with Gasteiger partial charge < -0.3 is 15.9 Å². The van der Waals surface area contributed by atoms with Crippen molar-refractivity contribution in [3.63, 3.8) is 0 Å². The number of nitrogens with two attached hydrogens (primary N) is 1. The lowest BCUT2D eigenvalue weighted by Crippen LogP contribution is -2.72. The zero-order chi connectivity index (χ0) is 10.6.